The first-order valence-electron chi connectivity index (χ1n) is 0.757. The van der Waals surface area contributed by atoms with E-state index in [4.69, 9.17) is 9.72 Å². The maximum Gasteiger partial charge on any atom is 0.632 e. The van der Waals surface area contributed by atoms with Gasteiger partial charge in [0.2, 0.25) is 0 Å². The van der Waals surface area contributed by atoms with E-state index in [2.05, 4.69) is 9.61 Å². The Balaban J connectivity index is 0. The molecule has 0 fully saturated rings. The van der Waals surface area contributed by atoms with Crippen LogP contribution in [0.5, 0.6) is 0 Å². The molecular weight excluding hydrogens is 183 g/mol. The van der Waals surface area contributed by atoms with Gasteiger partial charge in [-0.15, -0.1) is 0 Å². The molecular formula is HO4SiZr. The molecule has 0 atom stereocenters. The smallest absolute Gasteiger partial charge is 0.327 e. The van der Waals surface area contributed by atoms with E-state index < -0.39 is 9.65 Å². The van der Waals surface area contributed by atoms with Crippen LogP contribution in [-0.4, -0.2) is 14.9 Å². The third-order valence-corrected chi connectivity index (χ3v) is 0.214. The first-order chi connectivity index (χ1) is 2.41. The van der Waals surface area contributed by atoms with Crippen LogP contribution in [0.15, 0.2) is 0 Å². The Labute approximate surface area is 55.4 Å². The van der Waals surface area contributed by atoms with Crippen molar-refractivity contribution in [3.8, 4) is 0 Å². The first-order valence-corrected chi connectivity index (χ1v) is 1.57. The average molecular weight is 184 g/mol. The van der Waals surface area contributed by atoms with Crippen LogP contribution in [0.4, 0.5) is 0 Å². The summed E-state index contributed by atoms with van der Waals surface area (Å²) in [6.07, 6.45) is 0. The number of hydrogen-bond donors (Lipinski definition) is 1. The maximum absolute atomic E-state index is 9.05. The van der Waals surface area contributed by atoms with Crippen molar-refractivity contribution < 1.29 is 45.5 Å². The van der Waals surface area contributed by atoms with Gasteiger partial charge in [0.25, 0.3) is 0 Å². The number of hydrogen-bond acceptors (Lipinski definition) is 4. The molecule has 0 amide bonds. The molecule has 6 heavy (non-hydrogen) atoms. The first kappa shape index (κ1) is 9.80. The quantitative estimate of drug-likeness (QED) is 0.353. The molecule has 0 aromatic heterocycles. The third kappa shape index (κ3) is 8.82. The van der Waals surface area contributed by atoms with E-state index in [-0.39, 0.29) is 26.2 Å². The van der Waals surface area contributed by atoms with Crippen LogP contribution in [0.2, 0.25) is 0 Å². The summed E-state index contributed by atoms with van der Waals surface area (Å²) in [5, 5.41) is 10.0. The van der Waals surface area contributed by atoms with Crippen LogP contribution in [-0.2, 0) is 40.3 Å². The predicted octanol–water partition coefficient (Wildman–Crippen LogP) is -0.630. The van der Waals surface area contributed by atoms with Gasteiger partial charge in [-0.2, -0.15) is 0 Å². The molecule has 0 aliphatic heterocycles. The maximum atomic E-state index is 9.05. The van der Waals surface area contributed by atoms with Gasteiger partial charge in [0, 0.05) is 26.2 Å². The van der Waals surface area contributed by atoms with Crippen LogP contribution in [0, 0.1) is 0 Å². The second kappa shape index (κ2) is 9.15. The molecule has 6 heteroatoms. The molecule has 0 heterocycles. The zero-order valence-electron chi connectivity index (χ0n) is 2.67. The van der Waals surface area contributed by atoms with E-state index in [0.717, 1.165) is 0 Å². The summed E-state index contributed by atoms with van der Waals surface area (Å²) in [6, 6.07) is 0. The minimum absolute atomic E-state index is 0. The van der Waals surface area contributed by atoms with E-state index in [1.807, 2.05) is 0 Å². The number of rotatable bonds is 2. The van der Waals surface area contributed by atoms with Gasteiger partial charge >= 0.3 is 9.65 Å². The molecule has 1 N–H and O–H groups in total. The van der Waals surface area contributed by atoms with Crippen molar-refractivity contribution in [3.05, 3.63) is 0 Å². The normalized spacial score (nSPS) is 5.50. The van der Waals surface area contributed by atoms with Crippen LogP contribution in [0.1, 0.15) is 0 Å². The van der Waals surface area contributed by atoms with Gasteiger partial charge in [-0.1, -0.05) is 0 Å². The fourth-order valence-corrected chi connectivity index (χ4v) is 0.0456. The van der Waals surface area contributed by atoms with Crippen LogP contribution >= 0.6 is 0 Å². The average Bonchev–Trinajstić information content (AvgIpc) is 1.41. The molecule has 0 saturated heterocycles. The van der Waals surface area contributed by atoms with Gasteiger partial charge in [0.05, 0.1) is 0 Å². The Morgan fingerprint density at radius 3 is 2.17 bits per heavy atom. The Kier molecular flexibility index (Phi) is 14.9. The van der Waals surface area contributed by atoms with Gasteiger partial charge in [-0.05, 0) is 5.04 Å². The molecule has 0 aromatic rings. The summed E-state index contributed by atoms with van der Waals surface area (Å²) < 4.78 is 12.4. The van der Waals surface area contributed by atoms with Crippen molar-refractivity contribution in [2.45, 2.75) is 0 Å². The molecule has 0 spiro atoms. The summed E-state index contributed by atoms with van der Waals surface area (Å²) in [6.45, 7) is 0. The third-order valence-electron chi connectivity index (χ3n) is 0.0713. The molecule has 4 nitrogen and oxygen atoms in total. The summed E-state index contributed by atoms with van der Waals surface area (Å²) in [5.41, 5.74) is 0. The monoisotopic (exact) mass is 183 g/mol. The molecule has 33 valence electrons. The van der Waals surface area contributed by atoms with Crippen LogP contribution in [0.25, 0.3) is 0 Å². The predicted molar refractivity (Wildman–Crippen MR) is 11.2 cm³/mol. The zero-order valence-corrected chi connectivity index (χ0v) is 6.13. The SMILES string of the molecule is O=[Si]OOO.[Zr]. The Morgan fingerprint density at radius 2 is 2.17 bits per heavy atom. The van der Waals surface area contributed by atoms with Gasteiger partial charge in [0.1, 0.15) is 0 Å². The van der Waals surface area contributed by atoms with Crippen molar-refractivity contribution in [2.24, 2.45) is 0 Å². The molecule has 0 aliphatic rings. The van der Waals surface area contributed by atoms with E-state index in [0.29, 0.717) is 0 Å². The van der Waals surface area contributed by atoms with Crippen LogP contribution in [0.3, 0.4) is 0 Å². The Hall–Kier alpha value is 0.620. The standard InChI is InChI=1S/HO4Si.Zr/c1-3-4-5-2;/h1H;. The molecule has 1 radical (unpaired) electrons. The van der Waals surface area contributed by atoms with Gasteiger partial charge in [-0.3, -0.25) is 0 Å². The zero-order chi connectivity index (χ0) is 4.12. The summed E-state index contributed by atoms with van der Waals surface area (Å²) in [7, 11) is -1.06. The Morgan fingerprint density at radius 1 is 1.67 bits per heavy atom. The fraction of sp³-hybridized carbons (Fsp3) is 0. The molecule has 0 aromatic carbocycles. The largest absolute Gasteiger partial charge is 0.632 e. The minimum atomic E-state index is -1.06. The molecule has 0 unspecified atom stereocenters. The van der Waals surface area contributed by atoms with Gasteiger partial charge in [0.15, 0.2) is 0 Å². The topological polar surface area (TPSA) is 55.8 Å². The summed E-state index contributed by atoms with van der Waals surface area (Å²) in [4.78, 5) is 0. The molecule has 0 aliphatic carbocycles. The van der Waals surface area contributed by atoms with Crippen molar-refractivity contribution >= 4 is 9.65 Å². The Bertz CT molecular complexity index is 28.7. The van der Waals surface area contributed by atoms with E-state index >= 15 is 0 Å². The van der Waals surface area contributed by atoms with Crippen molar-refractivity contribution in [1.82, 2.24) is 0 Å². The molecule has 0 saturated carbocycles. The van der Waals surface area contributed by atoms with Gasteiger partial charge in [-0.25, -0.2) is 5.26 Å². The minimum Gasteiger partial charge on any atom is -0.327 e. The molecule has 0 rings (SSSR count). The van der Waals surface area contributed by atoms with E-state index in [1.54, 1.807) is 0 Å². The second-order valence-electron chi connectivity index (χ2n) is 0.241. The van der Waals surface area contributed by atoms with Crippen LogP contribution < -0.4 is 0 Å². The van der Waals surface area contributed by atoms with Gasteiger partial charge < -0.3 is 9.04 Å². The second-order valence-corrected chi connectivity index (χ2v) is 0.575. The van der Waals surface area contributed by atoms with E-state index in [9.17, 15) is 0 Å². The van der Waals surface area contributed by atoms with E-state index in [1.165, 1.54) is 0 Å². The molecule has 0 bridgehead atoms. The van der Waals surface area contributed by atoms with Crippen molar-refractivity contribution in [3.63, 3.8) is 0 Å². The fourth-order valence-electron chi connectivity index (χ4n) is 0.0152. The summed E-state index contributed by atoms with van der Waals surface area (Å²) >= 11 is 0. The van der Waals surface area contributed by atoms with Crippen molar-refractivity contribution in [2.75, 3.05) is 0 Å². The van der Waals surface area contributed by atoms with Crippen molar-refractivity contribution in [1.29, 1.82) is 0 Å². The summed E-state index contributed by atoms with van der Waals surface area (Å²) in [5.74, 6) is 0.